The molecule has 0 radical (unpaired) electrons. The Morgan fingerprint density at radius 3 is 2.37 bits per heavy atom. The first-order valence-electron chi connectivity index (χ1n) is 12.4. The SMILES string of the molecule is Cc1c(-n2nnnc2SC(C)C(=O)NC23CC4CC(CC(C4)C2)C3)c(=O)n(-c2ccccc2)n1C. The molecule has 0 aliphatic heterocycles. The quantitative estimate of drug-likeness (QED) is 0.530. The molecule has 1 unspecified atom stereocenters. The lowest BCUT2D eigenvalue weighted by molar-refractivity contribution is -0.126. The third kappa shape index (κ3) is 3.82. The topological polar surface area (TPSA) is 99.6 Å². The summed E-state index contributed by atoms with van der Waals surface area (Å²) < 4.78 is 4.87. The van der Waals surface area contributed by atoms with Crippen molar-refractivity contribution in [1.29, 1.82) is 0 Å². The van der Waals surface area contributed by atoms with Crippen LogP contribution in [0.5, 0.6) is 0 Å². The normalized spacial score (nSPS) is 27.8. The van der Waals surface area contributed by atoms with Crippen molar-refractivity contribution >= 4 is 17.7 Å². The maximum atomic E-state index is 13.4. The van der Waals surface area contributed by atoms with E-state index in [9.17, 15) is 9.59 Å². The number of hydrogen-bond donors (Lipinski definition) is 1. The fraction of sp³-hybridized carbons (Fsp3) is 0.560. The van der Waals surface area contributed by atoms with Gasteiger partial charge in [-0.1, -0.05) is 30.0 Å². The van der Waals surface area contributed by atoms with Gasteiger partial charge in [0.1, 0.15) is 0 Å². The smallest absolute Gasteiger partial charge is 0.297 e. The molecule has 7 rings (SSSR count). The van der Waals surface area contributed by atoms with Gasteiger partial charge in [0.05, 0.1) is 16.6 Å². The Kier molecular flexibility index (Phi) is 5.39. The van der Waals surface area contributed by atoms with E-state index in [-0.39, 0.29) is 22.3 Å². The first-order valence-corrected chi connectivity index (χ1v) is 13.3. The van der Waals surface area contributed by atoms with Crippen LogP contribution >= 0.6 is 11.8 Å². The molecule has 35 heavy (non-hydrogen) atoms. The van der Waals surface area contributed by atoms with Gasteiger partial charge in [0.25, 0.3) is 5.56 Å². The maximum Gasteiger partial charge on any atom is 0.297 e. The van der Waals surface area contributed by atoms with Crippen molar-refractivity contribution in [3.8, 4) is 11.4 Å². The standard InChI is InChI=1S/C25H31N7O2S/c1-15-21(23(34)32(30(15)3)20-7-5-4-6-8-20)31-24(27-28-29-31)35-16(2)22(33)26-25-12-17-9-18(13-25)11-19(10-17)14-25/h4-8,16-19H,9-14H2,1-3H3,(H,26,33). The van der Waals surface area contributed by atoms with E-state index in [1.54, 1.807) is 9.36 Å². The number of carbonyl (C=O) groups is 1. The van der Waals surface area contributed by atoms with Crippen molar-refractivity contribution in [3.63, 3.8) is 0 Å². The Hall–Kier alpha value is -2.88. The molecule has 4 aliphatic rings. The lowest BCUT2D eigenvalue weighted by atomic mass is 9.53. The van der Waals surface area contributed by atoms with Crippen molar-refractivity contribution in [2.75, 3.05) is 0 Å². The van der Waals surface area contributed by atoms with Crippen molar-refractivity contribution in [2.45, 2.75) is 68.3 Å². The van der Waals surface area contributed by atoms with E-state index in [1.165, 1.54) is 35.7 Å². The molecule has 9 nitrogen and oxygen atoms in total. The molecular formula is C25H31N7O2S. The van der Waals surface area contributed by atoms with Gasteiger partial charge in [-0.3, -0.25) is 14.3 Å². The predicted molar refractivity (Wildman–Crippen MR) is 133 cm³/mol. The highest BCUT2D eigenvalue weighted by molar-refractivity contribution is 8.00. The molecule has 0 spiro atoms. The average molecular weight is 494 g/mol. The van der Waals surface area contributed by atoms with Crippen LogP contribution in [0.1, 0.15) is 51.1 Å². The van der Waals surface area contributed by atoms with Gasteiger partial charge in [0, 0.05) is 12.6 Å². The van der Waals surface area contributed by atoms with E-state index < -0.39 is 0 Å². The Morgan fingerprint density at radius 2 is 1.74 bits per heavy atom. The number of benzene rings is 1. The van der Waals surface area contributed by atoms with Gasteiger partial charge >= 0.3 is 0 Å². The average Bonchev–Trinajstić information content (AvgIpc) is 3.34. The van der Waals surface area contributed by atoms with Crippen LogP contribution in [0.4, 0.5) is 0 Å². The lowest BCUT2D eigenvalue weighted by Crippen LogP contribution is -2.60. The zero-order valence-corrected chi connectivity index (χ0v) is 21.2. The highest BCUT2D eigenvalue weighted by Gasteiger charge is 2.51. The van der Waals surface area contributed by atoms with Gasteiger partial charge < -0.3 is 5.32 Å². The van der Waals surface area contributed by atoms with Gasteiger partial charge in [0.2, 0.25) is 11.1 Å². The summed E-state index contributed by atoms with van der Waals surface area (Å²) in [6.07, 6.45) is 7.35. The molecule has 1 atom stereocenters. The third-order valence-corrected chi connectivity index (χ3v) is 9.29. The second-order valence-corrected chi connectivity index (χ2v) is 12.0. The second-order valence-electron chi connectivity index (χ2n) is 10.7. The number of nitrogens with one attached hydrogen (secondary N) is 1. The first kappa shape index (κ1) is 22.6. The van der Waals surface area contributed by atoms with Gasteiger partial charge in [-0.25, -0.2) is 4.68 Å². The molecule has 2 aromatic heterocycles. The first-order chi connectivity index (χ1) is 16.8. The van der Waals surface area contributed by atoms with E-state index in [2.05, 4.69) is 20.8 Å². The van der Waals surface area contributed by atoms with Crippen molar-refractivity contribution in [3.05, 3.63) is 46.4 Å². The van der Waals surface area contributed by atoms with Gasteiger partial charge in [-0.05, 0) is 92.7 Å². The number of carbonyl (C=O) groups excluding carboxylic acids is 1. The van der Waals surface area contributed by atoms with E-state index in [0.29, 0.717) is 10.8 Å². The van der Waals surface area contributed by atoms with Crippen LogP contribution < -0.4 is 10.9 Å². The third-order valence-electron chi connectivity index (χ3n) is 8.25. The molecule has 1 N–H and O–H groups in total. The molecule has 184 valence electrons. The maximum absolute atomic E-state index is 13.4. The predicted octanol–water partition coefficient (Wildman–Crippen LogP) is 3.03. The van der Waals surface area contributed by atoms with Crippen LogP contribution in [0.15, 0.2) is 40.3 Å². The number of tetrazole rings is 1. The number of rotatable bonds is 6. The van der Waals surface area contributed by atoms with Crippen molar-refractivity contribution < 1.29 is 4.79 Å². The zero-order valence-electron chi connectivity index (χ0n) is 20.3. The van der Waals surface area contributed by atoms with Crippen LogP contribution in [0.25, 0.3) is 11.4 Å². The van der Waals surface area contributed by atoms with Gasteiger partial charge in [0.15, 0.2) is 5.69 Å². The van der Waals surface area contributed by atoms with E-state index in [0.717, 1.165) is 48.4 Å². The molecule has 3 aromatic rings. The summed E-state index contributed by atoms with van der Waals surface area (Å²) in [6, 6.07) is 9.48. The highest BCUT2D eigenvalue weighted by Crippen LogP contribution is 2.55. The summed E-state index contributed by atoms with van der Waals surface area (Å²) in [7, 11) is 1.84. The summed E-state index contributed by atoms with van der Waals surface area (Å²) in [5.41, 5.74) is 1.64. The molecule has 0 saturated heterocycles. The molecule has 4 saturated carbocycles. The molecule has 2 heterocycles. The highest BCUT2D eigenvalue weighted by atomic mass is 32.2. The lowest BCUT2D eigenvalue weighted by Gasteiger charge is -2.57. The Labute approximate surface area is 208 Å². The molecule has 10 heteroatoms. The summed E-state index contributed by atoms with van der Waals surface area (Å²) >= 11 is 1.29. The Morgan fingerprint density at radius 1 is 1.11 bits per heavy atom. The van der Waals surface area contributed by atoms with E-state index in [1.807, 2.05) is 51.2 Å². The van der Waals surface area contributed by atoms with Gasteiger partial charge in [-0.2, -0.15) is 4.68 Å². The number of aromatic nitrogens is 6. The number of thioether (sulfide) groups is 1. The number of hydrogen-bond acceptors (Lipinski definition) is 6. The van der Waals surface area contributed by atoms with Crippen LogP contribution in [0.2, 0.25) is 0 Å². The van der Waals surface area contributed by atoms with Crippen LogP contribution in [-0.2, 0) is 11.8 Å². The molecule has 4 bridgehead atoms. The molecule has 1 amide bonds. The summed E-state index contributed by atoms with van der Waals surface area (Å²) in [6.45, 7) is 3.76. The van der Waals surface area contributed by atoms with Gasteiger partial charge in [-0.15, -0.1) is 5.10 Å². The summed E-state index contributed by atoms with van der Waals surface area (Å²) in [5, 5.41) is 15.6. The largest absolute Gasteiger partial charge is 0.350 e. The Bertz CT molecular complexity index is 1290. The second kappa shape index (κ2) is 8.36. The number of para-hydroxylation sites is 1. The van der Waals surface area contributed by atoms with E-state index >= 15 is 0 Å². The van der Waals surface area contributed by atoms with Crippen molar-refractivity contribution in [1.82, 2.24) is 34.9 Å². The molecule has 1 aromatic carbocycles. The minimum atomic E-state index is -0.381. The van der Waals surface area contributed by atoms with Crippen molar-refractivity contribution in [2.24, 2.45) is 24.8 Å². The number of nitrogens with zero attached hydrogens (tertiary/aromatic N) is 6. The van der Waals surface area contributed by atoms with E-state index in [4.69, 9.17) is 0 Å². The minimum absolute atomic E-state index is 0.0259. The summed E-state index contributed by atoms with van der Waals surface area (Å²) in [4.78, 5) is 26.7. The fourth-order valence-electron chi connectivity index (χ4n) is 7.03. The fourth-order valence-corrected chi connectivity index (χ4v) is 7.82. The zero-order chi connectivity index (χ0) is 24.3. The Balaban J connectivity index is 1.24. The minimum Gasteiger partial charge on any atom is -0.350 e. The molecule has 4 fully saturated rings. The van der Waals surface area contributed by atoms with Crippen LogP contribution in [0, 0.1) is 24.7 Å². The summed E-state index contributed by atoms with van der Waals surface area (Å²) in [5.74, 6) is 2.33. The molecular weight excluding hydrogens is 462 g/mol. The monoisotopic (exact) mass is 493 g/mol. The van der Waals surface area contributed by atoms with Crippen LogP contribution in [0.3, 0.4) is 0 Å². The number of amides is 1. The molecule has 4 aliphatic carbocycles. The van der Waals surface area contributed by atoms with Crippen LogP contribution in [-0.4, -0.2) is 46.3 Å².